The van der Waals surface area contributed by atoms with Gasteiger partial charge in [-0.3, -0.25) is 0 Å². The van der Waals surface area contributed by atoms with Crippen molar-refractivity contribution in [1.29, 1.82) is 0 Å². The molecule has 0 aromatic heterocycles. The Morgan fingerprint density at radius 2 is 2.38 bits per heavy atom. The van der Waals surface area contributed by atoms with E-state index in [0.29, 0.717) is 6.67 Å². The molecule has 0 amide bonds. The molecular weight excluding hydrogens is 100 g/mol. The highest BCUT2D eigenvalue weighted by Gasteiger charge is 2.62. The van der Waals surface area contributed by atoms with E-state index >= 15 is 0 Å². The Hall–Kier alpha value is -0.0800. The minimum atomic E-state index is 0.659. The van der Waals surface area contributed by atoms with Crippen molar-refractivity contribution in [3.63, 3.8) is 0 Å². The summed E-state index contributed by atoms with van der Waals surface area (Å²) in [6.45, 7) is 0.659. The number of rotatable bonds is 2. The zero-order valence-electron chi connectivity index (χ0n) is 4.98. The minimum absolute atomic E-state index is 0.659. The van der Waals surface area contributed by atoms with Crippen LogP contribution in [-0.2, 0) is 0 Å². The van der Waals surface area contributed by atoms with Crippen LogP contribution in [0.25, 0.3) is 0 Å². The van der Waals surface area contributed by atoms with Crippen LogP contribution in [0, 0.1) is 5.41 Å². The van der Waals surface area contributed by atoms with Crippen LogP contribution in [-0.4, -0.2) is 12.7 Å². The first-order valence-corrected chi connectivity index (χ1v) is 3.31. The molecule has 3 N–H and O–H groups in total. The predicted octanol–water partition coefficient (Wildman–Crippen LogP) is 0.0447. The first-order valence-electron chi connectivity index (χ1n) is 3.31. The quantitative estimate of drug-likeness (QED) is 0.495. The standard InChI is InChI=1S/C6H12N2/c7-4-8-5-3-6(5)1-2-6/h5,8H,1-4,7H2. The molecule has 8 heavy (non-hydrogen) atoms. The third kappa shape index (κ3) is 0.501. The van der Waals surface area contributed by atoms with E-state index in [0.717, 1.165) is 11.5 Å². The summed E-state index contributed by atoms with van der Waals surface area (Å²) in [6, 6.07) is 0.799. The van der Waals surface area contributed by atoms with Gasteiger partial charge in [-0.2, -0.15) is 0 Å². The average Bonchev–Trinajstić information content (AvgIpc) is 2.57. The molecule has 0 saturated heterocycles. The van der Waals surface area contributed by atoms with Crippen LogP contribution < -0.4 is 11.1 Å². The topological polar surface area (TPSA) is 38.0 Å². The van der Waals surface area contributed by atoms with Gasteiger partial charge in [0.15, 0.2) is 0 Å². The Bertz CT molecular complexity index is 107. The van der Waals surface area contributed by atoms with Gasteiger partial charge in [-0.15, -0.1) is 0 Å². The van der Waals surface area contributed by atoms with Crippen molar-refractivity contribution >= 4 is 0 Å². The Balaban J connectivity index is 1.80. The first kappa shape index (κ1) is 4.77. The van der Waals surface area contributed by atoms with Crippen LogP contribution in [0.4, 0.5) is 0 Å². The predicted molar refractivity (Wildman–Crippen MR) is 32.3 cm³/mol. The van der Waals surface area contributed by atoms with E-state index in [1.54, 1.807) is 0 Å². The van der Waals surface area contributed by atoms with Gasteiger partial charge < -0.3 is 11.1 Å². The molecule has 1 atom stereocenters. The van der Waals surface area contributed by atoms with E-state index in [4.69, 9.17) is 5.73 Å². The van der Waals surface area contributed by atoms with Gasteiger partial charge in [0.25, 0.3) is 0 Å². The van der Waals surface area contributed by atoms with Gasteiger partial charge >= 0.3 is 0 Å². The van der Waals surface area contributed by atoms with E-state index in [-0.39, 0.29) is 0 Å². The lowest BCUT2D eigenvalue weighted by Crippen LogP contribution is -2.25. The number of hydrogen-bond donors (Lipinski definition) is 2. The molecule has 2 heteroatoms. The molecule has 1 spiro atoms. The van der Waals surface area contributed by atoms with Gasteiger partial charge in [-0.25, -0.2) is 0 Å². The molecule has 0 aromatic rings. The highest BCUT2D eigenvalue weighted by atomic mass is 15.1. The molecule has 0 heterocycles. The maximum absolute atomic E-state index is 5.31. The third-order valence-electron chi connectivity index (χ3n) is 2.45. The second-order valence-electron chi connectivity index (χ2n) is 3.03. The lowest BCUT2D eigenvalue weighted by molar-refractivity contribution is 0.644. The van der Waals surface area contributed by atoms with Crippen molar-refractivity contribution in [2.45, 2.75) is 25.3 Å². The van der Waals surface area contributed by atoms with Crippen molar-refractivity contribution in [3.8, 4) is 0 Å². The summed E-state index contributed by atoms with van der Waals surface area (Å²) in [5.74, 6) is 0. The molecule has 1 unspecified atom stereocenters. The van der Waals surface area contributed by atoms with E-state index < -0.39 is 0 Å². The van der Waals surface area contributed by atoms with Crippen LogP contribution in [0.3, 0.4) is 0 Å². The van der Waals surface area contributed by atoms with Gasteiger partial charge in [0, 0.05) is 12.7 Å². The third-order valence-corrected chi connectivity index (χ3v) is 2.45. The Labute approximate surface area is 49.4 Å². The van der Waals surface area contributed by atoms with E-state index in [1.807, 2.05) is 0 Å². The van der Waals surface area contributed by atoms with Crippen molar-refractivity contribution in [2.75, 3.05) is 6.67 Å². The smallest absolute Gasteiger partial charge is 0.0431 e. The van der Waals surface area contributed by atoms with Crippen LogP contribution >= 0.6 is 0 Å². The minimum Gasteiger partial charge on any atom is -0.318 e. The van der Waals surface area contributed by atoms with Crippen LogP contribution in [0.1, 0.15) is 19.3 Å². The number of nitrogens with one attached hydrogen (secondary N) is 1. The molecule has 2 aliphatic rings. The molecule has 0 radical (unpaired) electrons. The van der Waals surface area contributed by atoms with Gasteiger partial charge in [0.1, 0.15) is 0 Å². The van der Waals surface area contributed by atoms with Gasteiger partial charge in [0.05, 0.1) is 0 Å². The highest BCUT2D eigenvalue weighted by molar-refractivity contribution is 5.16. The van der Waals surface area contributed by atoms with Gasteiger partial charge in [-0.05, 0) is 24.7 Å². The van der Waals surface area contributed by atoms with Crippen molar-refractivity contribution in [3.05, 3.63) is 0 Å². The van der Waals surface area contributed by atoms with Crippen molar-refractivity contribution in [2.24, 2.45) is 11.1 Å². The lowest BCUT2D eigenvalue weighted by Gasteiger charge is -1.94. The molecule has 46 valence electrons. The van der Waals surface area contributed by atoms with Crippen molar-refractivity contribution in [1.82, 2.24) is 5.32 Å². The normalized spacial score (nSPS) is 37.9. The average molecular weight is 112 g/mol. The molecule has 0 bridgehead atoms. The summed E-state index contributed by atoms with van der Waals surface area (Å²) in [5, 5.41) is 3.25. The zero-order valence-corrected chi connectivity index (χ0v) is 4.98. The fourth-order valence-corrected chi connectivity index (χ4v) is 1.49. The molecule has 2 saturated carbocycles. The Kier molecular flexibility index (Phi) is 0.746. The number of hydrogen-bond acceptors (Lipinski definition) is 2. The SMILES string of the molecule is NCNC1CC12CC2. The monoisotopic (exact) mass is 112 g/mol. The second kappa shape index (κ2) is 1.25. The van der Waals surface area contributed by atoms with E-state index in [9.17, 15) is 0 Å². The molecular formula is C6H12N2. The molecule has 2 aliphatic carbocycles. The number of nitrogens with two attached hydrogens (primary N) is 1. The summed E-state index contributed by atoms with van der Waals surface area (Å²) in [6.07, 6.45) is 4.29. The maximum Gasteiger partial charge on any atom is 0.0431 e. The van der Waals surface area contributed by atoms with Crippen LogP contribution in [0.2, 0.25) is 0 Å². The molecule has 2 nitrogen and oxygen atoms in total. The largest absolute Gasteiger partial charge is 0.318 e. The summed E-state index contributed by atoms with van der Waals surface area (Å²) in [7, 11) is 0. The van der Waals surface area contributed by atoms with Gasteiger partial charge in [-0.1, -0.05) is 0 Å². The lowest BCUT2D eigenvalue weighted by atomic mass is 10.4. The first-order chi connectivity index (χ1) is 3.87. The summed E-state index contributed by atoms with van der Waals surface area (Å²) in [4.78, 5) is 0. The highest BCUT2D eigenvalue weighted by Crippen LogP contribution is 2.65. The Morgan fingerprint density at radius 1 is 1.62 bits per heavy atom. The molecule has 0 aliphatic heterocycles. The maximum atomic E-state index is 5.31. The summed E-state index contributed by atoms with van der Waals surface area (Å²) in [5.41, 5.74) is 6.08. The van der Waals surface area contributed by atoms with Crippen LogP contribution in [0.5, 0.6) is 0 Å². The van der Waals surface area contributed by atoms with Gasteiger partial charge in [0.2, 0.25) is 0 Å². The van der Waals surface area contributed by atoms with Crippen LogP contribution in [0.15, 0.2) is 0 Å². The molecule has 2 fully saturated rings. The molecule has 2 rings (SSSR count). The van der Waals surface area contributed by atoms with Crippen molar-refractivity contribution < 1.29 is 0 Å². The zero-order chi connectivity index (χ0) is 5.61. The molecule has 0 aromatic carbocycles. The van der Waals surface area contributed by atoms with E-state index in [2.05, 4.69) is 5.32 Å². The fraction of sp³-hybridized carbons (Fsp3) is 1.00. The summed E-state index contributed by atoms with van der Waals surface area (Å²) >= 11 is 0. The fourth-order valence-electron chi connectivity index (χ4n) is 1.49. The second-order valence-corrected chi connectivity index (χ2v) is 3.03. The summed E-state index contributed by atoms with van der Waals surface area (Å²) < 4.78 is 0. The van der Waals surface area contributed by atoms with E-state index in [1.165, 1.54) is 19.3 Å². The Morgan fingerprint density at radius 3 is 2.75 bits per heavy atom.